The Bertz CT molecular complexity index is 314. The zero-order valence-corrected chi connectivity index (χ0v) is 11.0. The molecule has 16 heavy (non-hydrogen) atoms. The third-order valence-corrected chi connectivity index (χ3v) is 3.45. The molecule has 1 aromatic heterocycles. The molecule has 1 rings (SSSR count). The van der Waals surface area contributed by atoms with E-state index >= 15 is 0 Å². The predicted molar refractivity (Wildman–Crippen MR) is 68.7 cm³/mol. The molecule has 0 saturated carbocycles. The topological polar surface area (TPSA) is 50.1 Å². The number of rotatable bonds is 7. The normalized spacial score (nSPS) is 13.0. The van der Waals surface area contributed by atoms with Crippen LogP contribution in [0.15, 0.2) is 6.20 Å². The summed E-state index contributed by atoms with van der Waals surface area (Å²) < 4.78 is 1.87. The largest absolute Gasteiger partial charge is 0.395 e. The first-order valence-corrected chi connectivity index (χ1v) is 6.89. The van der Waals surface area contributed by atoms with Crippen LogP contribution in [0.1, 0.15) is 17.7 Å². The van der Waals surface area contributed by atoms with Crippen molar-refractivity contribution in [3.63, 3.8) is 0 Å². The van der Waals surface area contributed by atoms with Crippen molar-refractivity contribution < 1.29 is 5.11 Å². The summed E-state index contributed by atoms with van der Waals surface area (Å²) in [6.45, 7) is 3.03. The second kappa shape index (κ2) is 6.93. The molecule has 2 N–H and O–H groups in total. The molecule has 1 atom stereocenters. The lowest BCUT2D eigenvalue weighted by atomic mass is 10.2. The number of aromatic nitrogens is 2. The molecule has 4 nitrogen and oxygen atoms in total. The van der Waals surface area contributed by atoms with Crippen LogP contribution in [0.5, 0.6) is 0 Å². The van der Waals surface area contributed by atoms with Crippen LogP contribution in [0.25, 0.3) is 0 Å². The summed E-state index contributed by atoms with van der Waals surface area (Å²) in [5.74, 6) is 1.07. The summed E-state index contributed by atoms with van der Waals surface area (Å²) >= 11 is 1.81. The number of aliphatic hydroxyl groups excluding tert-OH is 1. The SMILES string of the molecule is CSCCC(CO)NCc1cnn(C)c1C. The fourth-order valence-electron chi connectivity index (χ4n) is 1.49. The molecule has 0 fully saturated rings. The predicted octanol–water partition coefficient (Wildman–Crippen LogP) is 0.932. The van der Waals surface area contributed by atoms with Gasteiger partial charge in [-0.25, -0.2) is 0 Å². The van der Waals surface area contributed by atoms with Crippen LogP contribution in [0.3, 0.4) is 0 Å². The van der Waals surface area contributed by atoms with Gasteiger partial charge in [-0.3, -0.25) is 4.68 Å². The van der Waals surface area contributed by atoms with Gasteiger partial charge in [0.2, 0.25) is 0 Å². The molecule has 0 aliphatic heterocycles. The van der Waals surface area contributed by atoms with Crippen molar-refractivity contribution in [1.29, 1.82) is 0 Å². The fourth-order valence-corrected chi connectivity index (χ4v) is 2.01. The molecule has 0 aromatic carbocycles. The fraction of sp³-hybridized carbons (Fsp3) is 0.727. The second-order valence-electron chi connectivity index (χ2n) is 3.92. The molecule has 0 saturated heterocycles. The Morgan fingerprint density at radius 3 is 2.88 bits per heavy atom. The highest BCUT2D eigenvalue weighted by Gasteiger charge is 2.08. The van der Waals surface area contributed by atoms with E-state index in [9.17, 15) is 5.11 Å². The molecule has 0 spiro atoms. The first-order valence-electron chi connectivity index (χ1n) is 5.49. The molecular formula is C11H21N3OS. The maximum atomic E-state index is 9.21. The Morgan fingerprint density at radius 2 is 2.38 bits per heavy atom. The van der Waals surface area contributed by atoms with E-state index in [1.807, 2.05) is 17.9 Å². The van der Waals surface area contributed by atoms with Crippen molar-refractivity contribution in [2.45, 2.75) is 25.9 Å². The minimum Gasteiger partial charge on any atom is -0.395 e. The van der Waals surface area contributed by atoms with E-state index < -0.39 is 0 Å². The van der Waals surface area contributed by atoms with Crippen molar-refractivity contribution in [3.8, 4) is 0 Å². The van der Waals surface area contributed by atoms with Gasteiger partial charge < -0.3 is 10.4 Å². The minimum absolute atomic E-state index is 0.187. The summed E-state index contributed by atoms with van der Waals surface area (Å²) in [5, 5.41) is 16.8. The lowest BCUT2D eigenvalue weighted by molar-refractivity contribution is 0.239. The average Bonchev–Trinajstić information content (AvgIpc) is 2.61. The number of hydrogen-bond donors (Lipinski definition) is 2. The molecule has 1 heterocycles. The van der Waals surface area contributed by atoms with E-state index in [4.69, 9.17) is 0 Å². The Balaban J connectivity index is 2.40. The van der Waals surface area contributed by atoms with Gasteiger partial charge >= 0.3 is 0 Å². The quantitative estimate of drug-likeness (QED) is 0.748. The highest BCUT2D eigenvalue weighted by molar-refractivity contribution is 7.98. The number of nitrogens with zero attached hydrogens (tertiary/aromatic N) is 2. The molecule has 0 amide bonds. The van der Waals surface area contributed by atoms with Crippen LogP contribution in [0.2, 0.25) is 0 Å². The van der Waals surface area contributed by atoms with Gasteiger partial charge in [0.1, 0.15) is 0 Å². The molecule has 1 aromatic rings. The Hall–Kier alpha value is -0.520. The van der Waals surface area contributed by atoms with Crippen molar-refractivity contribution >= 4 is 11.8 Å². The number of hydrogen-bond acceptors (Lipinski definition) is 4. The zero-order chi connectivity index (χ0) is 12.0. The van der Waals surface area contributed by atoms with Crippen LogP contribution < -0.4 is 5.32 Å². The summed E-state index contributed by atoms with van der Waals surface area (Å²) in [5.41, 5.74) is 2.37. The minimum atomic E-state index is 0.187. The summed E-state index contributed by atoms with van der Waals surface area (Å²) in [4.78, 5) is 0. The van der Waals surface area contributed by atoms with E-state index in [2.05, 4.69) is 23.6 Å². The van der Waals surface area contributed by atoms with Crippen LogP contribution in [0.4, 0.5) is 0 Å². The van der Waals surface area contributed by atoms with Gasteiger partial charge in [0.25, 0.3) is 0 Å². The van der Waals surface area contributed by atoms with Gasteiger partial charge in [-0.05, 0) is 25.4 Å². The second-order valence-corrected chi connectivity index (χ2v) is 4.91. The lowest BCUT2D eigenvalue weighted by Gasteiger charge is -2.15. The van der Waals surface area contributed by atoms with Crippen LogP contribution in [-0.2, 0) is 13.6 Å². The molecule has 0 radical (unpaired) electrons. The van der Waals surface area contributed by atoms with Gasteiger partial charge in [-0.2, -0.15) is 16.9 Å². The Kier molecular flexibility index (Phi) is 5.87. The van der Waals surface area contributed by atoms with Crippen LogP contribution in [0, 0.1) is 6.92 Å². The lowest BCUT2D eigenvalue weighted by Crippen LogP contribution is -2.32. The van der Waals surface area contributed by atoms with E-state index in [1.54, 1.807) is 11.8 Å². The van der Waals surface area contributed by atoms with Gasteiger partial charge in [0.05, 0.1) is 12.8 Å². The Labute approximate surface area is 101 Å². The standard InChI is InChI=1S/C11H21N3OS/c1-9-10(7-13-14(9)2)6-12-11(8-15)4-5-16-3/h7,11-12,15H,4-6,8H2,1-3H3. The maximum Gasteiger partial charge on any atom is 0.0585 e. The third-order valence-electron chi connectivity index (χ3n) is 2.81. The van der Waals surface area contributed by atoms with E-state index in [0.29, 0.717) is 0 Å². The highest BCUT2D eigenvalue weighted by Crippen LogP contribution is 2.06. The van der Waals surface area contributed by atoms with Gasteiger partial charge in [0.15, 0.2) is 0 Å². The van der Waals surface area contributed by atoms with Gasteiger partial charge in [-0.15, -0.1) is 0 Å². The molecule has 92 valence electrons. The molecule has 0 aliphatic carbocycles. The summed E-state index contributed by atoms with van der Waals surface area (Å²) in [7, 11) is 1.94. The smallest absolute Gasteiger partial charge is 0.0585 e. The monoisotopic (exact) mass is 243 g/mol. The zero-order valence-electron chi connectivity index (χ0n) is 10.2. The van der Waals surface area contributed by atoms with Crippen molar-refractivity contribution in [3.05, 3.63) is 17.5 Å². The van der Waals surface area contributed by atoms with Crippen molar-refractivity contribution in [2.24, 2.45) is 7.05 Å². The van der Waals surface area contributed by atoms with Gasteiger partial charge in [-0.1, -0.05) is 0 Å². The highest BCUT2D eigenvalue weighted by atomic mass is 32.2. The van der Waals surface area contributed by atoms with E-state index in [-0.39, 0.29) is 12.6 Å². The number of aliphatic hydroxyl groups is 1. The van der Waals surface area contributed by atoms with Crippen LogP contribution >= 0.6 is 11.8 Å². The first-order chi connectivity index (χ1) is 7.69. The summed E-state index contributed by atoms with van der Waals surface area (Å²) in [6.07, 6.45) is 4.96. The third kappa shape index (κ3) is 3.81. The van der Waals surface area contributed by atoms with E-state index in [1.165, 1.54) is 11.3 Å². The number of nitrogens with one attached hydrogen (secondary N) is 1. The molecular weight excluding hydrogens is 222 g/mol. The number of aryl methyl sites for hydroxylation is 1. The molecule has 0 bridgehead atoms. The summed E-state index contributed by atoms with van der Waals surface area (Å²) in [6, 6.07) is 0.187. The van der Waals surface area contributed by atoms with Gasteiger partial charge in [0, 0.05) is 30.9 Å². The van der Waals surface area contributed by atoms with Crippen LogP contribution in [-0.4, -0.2) is 39.5 Å². The molecule has 1 unspecified atom stereocenters. The van der Waals surface area contributed by atoms with Crippen molar-refractivity contribution in [1.82, 2.24) is 15.1 Å². The Morgan fingerprint density at radius 1 is 1.62 bits per heavy atom. The first kappa shape index (κ1) is 13.5. The molecule has 5 heteroatoms. The average molecular weight is 243 g/mol. The number of thioether (sulfide) groups is 1. The van der Waals surface area contributed by atoms with Crippen molar-refractivity contribution in [2.75, 3.05) is 18.6 Å². The maximum absolute atomic E-state index is 9.21. The molecule has 0 aliphatic rings. The van der Waals surface area contributed by atoms with E-state index in [0.717, 1.165) is 18.7 Å².